The predicted molar refractivity (Wildman–Crippen MR) is 100 cm³/mol. The smallest absolute Gasteiger partial charge is 0.389 e. The fourth-order valence-corrected chi connectivity index (χ4v) is 2.26. The predicted octanol–water partition coefficient (Wildman–Crippen LogP) is 3.55. The van der Waals surface area contributed by atoms with Gasteiger partial charge in [0.15, 0.2) is 11.6 Å². The lowest BCUT2D eigenvalue weighted by Gasteiger charge is -2.18. The molecule has 0 aliphatic carbocycles. The highest BCUT2D eigenvalue weighted by Crippen LogP contribution is 2.29. The number of hydrogen-bond donors (Lipinski definition) is 3. The van der Waals surface area contributed by atoms with Crippen molar-refractivity contribution in [2.75, 3.05) is 17.2 Å². The van der Waals surface area contributed by atoms with Crippen molar-refractivity contribution in [3.63, 3.8) is 0 Å². The first-order valence-corrected chi connectivity index (χ1v) is 8.76. The number of nitrogens with zero attached hydrogens (tertiary/aromatic N) is 5. The van der Waals surface area contributed by atoms with E-state index in [2.05, 4.69) is 35.6 Å². The van der Waals surface area contributed by atoms with Crippen LogP contribution in [0.5, 0.6) is 0 Å². The normalized spacial score (nSPS) is 12.0. The first-order chi connectivity index (χ1) is 14.4. The molecule has 0 aliphatic rings. The molecule has 3 N–H and O–H groups in total. The summed E-state index contributed by atoms with van der Waals surface area (Å²) in [6.45, 7) is 3.03. The van der Waals surface area contributed by atoms with Crippen molar-refractivity contribution in [1.29, 1.82) is 0 Å². The molecule has 0 saturated carbocycles. The van der Waals surface area contributed by atoms with Gasteiger partial charge in [0.1, 0.15) is 11.4 Å². The molecular formula is C18H16F5N7O. The van der Waals surface area contributed by atoms with Gasteiger partial charge in [0.05, 0.1) is 17.5 Å². The number of alkyl halides is 3. The summed E-state index contributed by atoms with van der Waals surface area (Å²) >= 11 is 0. The number of aromatic nitrogens is 5. The molecule has 31 heavy (non-hydrogen) atoms. The Balaban J connectivity index is 2.01. The molecule has 0 fully saturated rings. The summed E-state index contributed by atoms with van der Waals surface area (Å²) in [4.78, 5) is 18.8. The molecule has 0 aromatic carbocycles. The molecule has 164 valence electrons. The molecule has 8 nitrogen and oxygen atoms in total. The molecule has 0 amide bonds. The fourth-order valence-electron chi connectivity index (χ4n) is 2.26. The average molecular weight is 441 g/mol. The average Bonchev–Trinajstić information content (AvgIpc) is 2.68. The van der Waals surface area contributed by atoms with Gasteiger partial charge >= 0.3 is 6.18 Å². The van der Waals surface area contributed by atoms with E-state index in [0.29, 0.717) is 0 Å². The van der Waals surface area contributed by atoms with Crippen LogP contribution in [0.3, 0.4) is 0 Å². The van der Waals surface area contributed by atoms with Crippen molar-refractivity contribution in [1.82, 2.24) is 24.9 Å². The summed E-state index contributed by atoms with van der Waals surface area (Å²) in [7, 11) is 0. The quantitative estimate of drug-likeness (QED) is 0.394. The van der Waals surface area contributed by atoms with Gasteiger partial charge in [-0.3, -0.25) is 0 Å². The Hall–Kier alpha value is -3.48. The third-order valence-corrected chi connectivity index (χ3v) is 3.64. The zero-order valence-electron chi connectivity index (χ0n) is 16.2. The maximum absolute atomic E-state index is 13.4. The van der Waals surface area contributed by atoms with E-state index in [9.17, 15) is 27.1 Å². The van der Waals surface area contributed by atoms with Crippen molar-refractivity contribution in [2.45, 2.75) is 25.6 Å². The summed E-state index contributed by atoms with van der Waals surface area (Å²) in [5.74, 6) is -3.04. The molecule has 3 rings (SSSR count). The second-order valence-electron chi connectivity index (χ2n) is 7.00. The van der Waals surface area contributed by atoms with E-state index in [4.69, 9.17) is 0 Å². The molecule has 3 aromatic heterocycles. The van der Waals surface area contributed by atoms with Crippen molar-refractivity contribution in [3.05, 3.63) is 47.9 Å². The summed E-state index contributed by atoms with van der Waals surface area (Å²) in [5.41, 5.74) is -2.51. The minimum atomic E-state index is -4.68. The molecule has 0 spiro atoms. The van der Waals surface area contributed by atoms with Crippen LogP contribution in [-0.4, -0.2) is 42.2 Å². The first kappa shape index (κ1) is 22.2. The van der Waals surface area contributed by atoms with Crippen LogP contribution < -0.4 is 10.6 Å². The summed E-state index contributed by atoms with van der Waals surface area (Å²) in [6, 6.07) is 4.01. The second-order valence-corrected chi connectivity index (χ2v) is 7.00. The van der Waals surface area contributed by atoms with Crippen LogP contribution in [-0.2, 0) is 6.18 Å². The van der Waals surface area contributed by atoms with Crippen LogP contribution in [0.1, 0.15) is 19.5 Å². The Morgan fingerprint density at radius 1 is 1.00 bits per heavy atom. The Morgan fingerprint density at radius 3 is 2.35 bits per heavy atom. The Kier molecular flexibility index (Phi) is 5.97. The molecule has 0 saturated heterocycles. The molecule has 0 radical (unpaired) electrons. The van der Waals surface area contributed by atoms with Gasteiger partial charge in [-0.1, -0.05) is 6.07 Å². The van der Waals surface area contributed by atoms with Crippen LogP contribution in [0, 0.1) is 11.8 Å². The van der Waals surface area contributed by atoms with Gasteiger partial charge in [-0.25, -0.2) is 14.4 Å². The Labute approximate surface area is 172 Å². The first-order valence-electron chi connectivity index (χ1n) is 8.76. The molecular weight excluding hydrogens is 425 g/mol. The monoisotopic (exact) mass is 441 g/mol. The number of pyridine rings is 2. The number of aliphatic hydroxyl groups is 1. The maximum Gasteiger partial charge on any atom is 0.433 e. The van der Waals surface area contributed by atoms with Gasteiger partial charge in [-0.15, -0.1) is 0 Å². The largest absolute Gasteiger partial charge is 0.433 e. The minimum Gasteiger partial charge on any atom is -0.389 e. The van der Waals surface area contributed by atoms with Crippen LogP contribution in [0.4, 0.5) is 39.5 Å². The minimum absolute atomic E-state index is 0.00134. The summed E-state index contributed by atoms with van der Waals surface area (Å²) < 4.78 is 65.5. The van der Waals surface area contributed by atoms with Gasteiger partial charge < -0.3 is 15.7 Å². The van der Waals surface area contributed by atoms with E-state index in [1.54, 1.807) is 0 Å². The zero-order valence-corrected chi connectivity index (χ0v) is 16.2. The van der Waals surface area contributed by atoms with Crippen molar-refractivity contribution >= 4 is 17.6 Å². The lowest BCUT2D eigenvalue weighted by Crippen LogP contribution is -2.30. The van der Waals surface area contributed by atoms with E-state index < -0.39 is 29.2 Å². The van der Waals surface area contributed by atoms with E-state index in [1.807, 2.05) is 0 Å². The molecule has 3 heterocycles. The molecule has 13 heteroatoms. The van der Waals surface area contributed by atoms with Crippen LogP contribution in [0.25, 0.3) is 11.5 Å². The van der Waals surface area contributed by atoms with Crippen molar-refractivity contribution in [3.8, 4) is 11.5 Å². The third kappa shape index (κ3) is 6.01. The van der Waals surface area contributed by atoms with Crippen LogP contribution in [0.2, 0.25) is 0 Å². The van der Waals surface area contributed by atoms with Crippen molar-refractivity contribution in [2.24, 2.45) is 0 Å². The van der Waals surface area contributed by atoms with Crippen molar-refractivity contribution < 1.29 is 27.1 Å². The maximum atomic E-state index is 13.4. The molecule has 0 unspecified atom stereocenters. The lowest BCUT2D eigenvalue weighted by molar-refractivity contribution is -0.141. The van der Waals surface area contributed by atoms with Gasteiger partial charge in [0.2, 0.25) is 17.8 Å². The number of hydrogen-bond acceptors (Lipinski definition) is 8. The van der Waals surface area contributed by atoms with Crippen LogP contribution >= 0.6 is 0 Å². The molecule has 0 atom stereocenters. The van der Waals surface area contributed by atoms with E-state index in [1.165, 1.54) is 19.9 Å². The molecule has 0 aliphatic heterocycles. The van der Waals surface area contributed by atoms with Gasteiger partial charge in [-0.2, -0.15) is 32.5 Å². The highest BCUT2D eigenvalue weighted by atomic mass is 19.4. The summed E-state index contributed by atoms with van der Waals surface area (Å²) in [6.07, 6.45) is -3.70. The topological polar surface area (TPSA) is 109 Å². The Morgan fingerprint density at radius 2 is 1.71 bits per heavy atom. The number of anilines is 3. The standard InChI is InChI=1S/C18H16F5N7O/c1-17(2,31)8-25-15-28-14(11-4-3-5-12(27-11)18(21,22)23)29-16(30-15)26-9-6-10(19)13(20)24-7-9/h3-7,31H,8H2,1-2H3,(H2,25,26,28,29,30). The zero-order chi connectivity index (χ0) is 22.8. The van der Waals surface area contributed by atoms with E-state index in [0.717, 1.165) is 24.4 Å². The lowest BCUT2D eigenvalue weighted by atomic mass is 10.1. The van der Waals surface area contributed by atoms with E-state index in [-0.39, 0.29) is 35.6 Å². The van der Waals surface area contributed by atoms with Gasteiger partial charge in [0.25, 0.3) is 0 Å². The SMILES string of the molecule is CC(C)(O)CNc1nc(Nc2cnc(F)c(F)c2)nc(-c2cccc(C(F)(F)F)n2)n1. The summed E-state index contributed by atoms with van der Waals surface area (Å²) in [5, 5.41) is 15.2. The van der Waals surface area contributed by atoms with Crippen LogP contribution in [0.15, 0.2) is 30.5 Å². The van der Waals surface area contributed by atoms with E-state index >= 15 is 0 Å². The second kappa shape index (κ2) is 8.34. The highest BCUT2D eigenvalue weighted by Gasteiger charge is 2.32. The highest BCUT2D eigenvalue weighted by molar-refractivity contribution is 5.58. The number of rotatable bonds is 6. The fraction of sp³-hybridized carbons (Fsp3) is 0.278. The third-order valence-electron chi connectivity index (χ3n) is 3.64. The molecule has 0 bridgehead atoms. The number of nitrogens with one attached hydrogen (secondary N) is 2. The Bertz CT molecular complexity index is 1090. The number of halogens is 5. The van der Waals surface area contributed by atoms with Gasteiger partial charge in [0, 0.05) is 12.6 Å². The molecule has 3 aromatic rings. The van der Waals surface area contributed by atoms with Gasteiger partial charge in [-0.05, 0) is 26.0 Å².